The molecule has 1 aliphatic heterocycles. The van der Waals surface area contributed by atoms with Crippen molar-refractivity contribution in [3.63, 3.8) is 0 Å². The number of piperazine rings is 1. The number of nitrogens with zero attached hydrogens (tertiary/aromatic N) is 4. The molecule has 164 valence electrons. The first-order valence-electron chi connectivity index (χ1n) is 10.6. The van der Waals surface area contributed by atoms with Crippen LogP contribution in [-0.2, 0) is 4.79 Å². The van der Waals surface area contributed by atoms with E-state index in [0.717, 1.165) is 11.4 Å². The molecular weight excluding hydrogens is 404 g/mol. The molecule has 2 aromatic carbocycles. The Labute approximate surface area is 187 Å². The summed E-state index contributed by atoms with van der Waals surface area (Å²) in [6, 6.07) is 19.1. The third-order valence-electron chi connectivity index (χ3n) is 5.36. The van der Waals surface area contributed by atoms with E-state index in [4.69, 9.17) is 9.47 Å². The predicted molar refractivity (Wildman–Crippen MR) is 124 cm³/mol. The van der Waals surface area contributed by atoms with E-state index in [1.807, 2.05) is 78.6 Å². The molecule has 0 spiro atoms. The fourth-order valence-electron chi connectivity index (χ4n) is 3.69. The lowest BCUT2D eigenvalue weighted by atomic mass is 10.1. The highest BCUT2D eigenvalue weighted by atomic mass is 16.5. The third kappa shape index (κ3) is 5.06. The summed E-state index contributed by atoms with van der Waals surface area (Å²) in [7, 11) is 1.60. The largest absolute Gasteiger partial charge is 0.493 e. The number of aromatic nitrogens is 2. The molecule has 1 unspecified atom stereocenters. The van der Waals surface area contributed by atoms with E-state index in [2.05, 4.69) is 14.9 Å². The Morgan fingerprint density at radius 2 is 1.78 bits per heavy atom. The predicted octanol–water partition coefficient (Wildman–Crippen LogP) is 4.03. The van der Waals surface area contributed by atoms with E-state index < -0.39 is 0 Å². The number of rotatable bonds is 6. The Morgan fingerprint density at radius 1 is 1.03 bits per heavy atom. The van der Waals surface area contributed by atoms with Crippen molar-refractivity contribution in [1.29, 1.82) is 0 Å². The zero-order chi connectivity index (χ0) is 22.3. The van der Waals surface area contributed by atoms with Crippen molar-refractivity contribution in [2.75, 3.05) is 31.6 Å². The summed E-state index contributed by atoms with van der Waals surface area (Å²) in [5.74, 6) is 2.45. The quantitative estimate of drug-likeness (QED) is 0.550. The van der Waals surface area contributed by atoms with Gasteiger partial charge in [-0.25, -0.2) is 9.97 Å². The zero-order valence-corrected chi connectivity index (χ0v) is 18.2. The van der Waals surface area contributed by atoms with Crippen LogP contribution in [0.25, 0.3) is 6.08 Å². The van der Waals surface area contributed by atoms with Crippen LogP contribution in [-0.4, -0.2) is 53.6 Å². The molecular formula is C25H26N4O3. The highest BCUT2D eigenvalue weighted by Gasteiger charge is 2.27. The number of para-hydroxylation sites is 2. The molecule has 1 aliphatic rings. The second kappa shape index (κ2) is 9.96. The monoisotopic (exact) mass is 430 g/mol. The van der Waals surface area contributed by atoms with E-state index >= 15 is 0 Å². The molecule has 3 aromatic rings. The average molecular weight is 431 g/mol. The molecule has 1 saturated heterocycles. The van der Waals surface area contributed by atoms with Gasteiger partial charge in [-0.3, -0.25) is 4.79 Å². The van der Waals surface area contributed by atoms with Gasteiger partial charge < -0.3 is 19.3 Å². The highest BCUT2D eigenvalue weighted by Crippen LogP contribution is 2.31. The number of ether oxygens (including phenoxy) is 2. The summed E-state index contributed by atoms with van der Waals surface area (Å²) < 4.78 is 11.3. The minimum atomic E-state index is 0.0175. The number of carbonyl (C=O) groups excluding carboxylic acids is 1. The fourth-order valence-corrected chi connectivity index (χ4v) is 3.69. The molecule has 0 radical (unpaired) electrons. The van der Waals surface area contributed by atoms with Crippen LogP contribution in [0, 0.1) is 0 Å². The Kier molecular flexibility index (Phi) is 6.65. The second-order valence-electron chi connectivity index (χ2n) is 7.54. The number of methoxy groups -OCH3 is 1. The van der Waals surface area contributed by atoms with Crippen LogP contribution in [0.3, 0.4) is 0 Å². The molecule has 2 heterocycles. The highest BCUT2D eigenvalue weighted by molar-refractivity contribution is 5.92. The van der Waals surface area contributed by atoms with Crippen LogP contribution in [0.5, 0.6) is 17.4 Å². The molecule has 32 heavy (non-hydrogen) atoms. The van der Waals surface area contributed by atoms with Crippen LogP contribution in [0.15, 0.2) is 73.1 Å². The van der Waals surface area contributed by atoms with E-state index in [0.29, 0.717) is 37.0 Å². The minimum absolute atomic E-state index is 0.0175. The number of carbonyl (C=O) groups is 1. The lowest BCUT2D eigenvalue weighted by molar-refractivity contribution is -0.128. The summed E-state index contributed by atoms with van der Waals surface area (Å²) in [5, 5.41) is 0. The molecule has 7 nitrogen and oxygen atoms in total. The average Bonchev–Trinajstić information content (AvgIpc) is 2.83. The van der Waals surface area contributed by atoms with Crippen molar-refractivity contribution in [3.8, 4) is 17.4 Å². The number of hydrogen-bond donors (Lipinski definition) is 0. The van der Waals surface area contributed by atoms with Gasteiger partial charge >= 0.3 is 0 Å². The van der Waals surface area contributed by atoms with Crippen molar-refractivity contribution in [2.45, 2.75) is 13.0 Å². The molecule has 4 rings (SSSR count). The van der Waals surface area contributed by atoms with Gasteiger partial charge in [0, 0.05) is 37.8 Å². The number of anilines is 1. The first-order valence-corrected chi connectivity index (χ1v) is 10.6. The fraction of sp³-hybridized carbons (Fsp3) is 0.240. The van der Waals surface area contributed by atoms with Crippen molar-refractivity contribution in [2.24, 2.45) is 0 Å². The smallest absolute Gasteiger partial charge is 0.246 e. The zero-order valence-electron chi connectivity index (χ0n) is 18.2. The standard InChI is InChI=1S/C25H26N4O3/c1-19-17-28(14-15-29(19)25(30)13-12-20-8-4-3-5-9-20)23-16-24(27-18-26-23)32-22-11-7-6-10-21(22)31-2/h3-13,16,18-19H,14-15,17H2,1-2H3/b13-12+. The van der Waals surface area contributed by atoms with Crippen LogP contribution < -0.4 is 14.4 Å². The van der Waals surface area contributed by atoms with E-state index in [-0.39, 0.29) is 11.9 Å². The topological polar surface area (TPSA) is 67.8 Å². The van der Waals surface area contributed by atoms with Crippen molar-refractivity contribution < 1.29 is 14.3 Å². The molecule has 1 fully saturated rings. The van der Waals surface area contributed by atoms with Crippen molar-refractivity contribution in [1.82, 2.24) is 14.9 Å². The molecule has 7 heteroatoms. The minimum Gasteiger partial charge on any atom is -0.493 e. The van der Waals surface area contributed by atoms with E-state index in [9.17, 15) is 4.79 Å². The van der Waals surface area contributed by atoms with Gasteiger partial charge in [-0.15, -0.1) is 0 Å². The number of hydrogen-bond acceptors (Lipinski definition) is 6. The van der Waals surface area contributed by atoms with Gasteiger partial charge in [-0.1, -0.05) is 42.5 Å². The molecule has 1 aromatic heterocycles. The second-order valence-corrected chi connectivity index (χ2v) is 7.54. The summed E-state index contributed by atoms with van der Waals surface area (Å²) >= 11 is 0. The Bertz CT molecular complexity index is 1090. The van der Waals surface area contributed by atoms with Crippen LogP contribution >= 0.6 is 0 Å². The molecule has 0 saturated carbocycles. The van der Waals surface area contributed by atoms with Crippen molar-refractivity contribution in [3.05, 3.63) is 78.6 Å². The summed E-state index contributed by atoms with van der Waals surface area (Å²) in [5.41, 5.74) is 1.01. The van der Waals surface area contributed by atoms with Crippen LogP contribution in [0.4, 0.5) is 5.82 Å². The summed E-state index contributed by atoms with van der Waals surface area (Å²) in [6.07, 6.45) is 4.99. The molecule has 1 atom stereocenters. The van der Waals surface area contributed by atoms with Gasteiger partial charge in [0.15, 0.2) is 11.5 Å². The molecule has 0 aliphatic carbocycles. The van der Waals surface area contributed by atoms with Gasteiger partial charge in [0.25, 0.3) is 0 Å². The van der Waals surface area contributed by atoms with Gasteiger partial charge in [-0.05, 0) is 30.7 Å². The van der Waals surface area contributed by atoms with Gasteiger partial charge in [0.1, 0.15) is 12.1 Å². The Morgan fingerprint density at radius 3 is 2.53 bits per heavy atom. The maximum atomic E-state index is 12.7. The maximum Gasteiger partial charge on any atom is 0.246 e. The van der Waals surface area contributed by atoms with Crippen LogP contribution in [0.1, 0.15) is 12.5 Å². The Hall–Kier alpha value is -3.87. The lowest BCUT2D eigenvalue weighted by Gasteiger charge is -2.40. The van der Waals surface area contributed by atoms with Gasteiger partial charge in [-0.2, -0.15) is 0 Å². The lowest BCUT2D eigenvalue weighted by Crippen LogP contribution is -2.54. The van der Waals surface area contributed by atoms with E-state index in [1.165, 1.54) is 6.33 Å². The van der Waals surface area contributed by atoms with Gasteiger partial charge in [0.05, 0.1) is 7.11 Å². The number of amides is 1. The number of benzene rings is 2. The molecule has 1 amide bonds. The SMILES string of the molecule is COc1ccccc1Oc1cc(N2CCN(C(=O)/C=C/c3ccccc3)C(C)C2)ncn1. The summed E-state index contributed by atoms with van der Waals surface area (Å²) in [4.78, 5) is 25.4. The van der Waals surface area contributed by atoms with Gasteiger partial charge in [0.2, 0.25) is 11.8 Å². The third-order valence-corrected chi connectivity index (χ3v) is 5.36. The molecule has 0 N–H and O–H groups in total. The van der Waals surface area contributed by atoms with E-state index in [1.54, 1.807) is 13.2 Å². The first-order chi connectivity index (χ1) is 15.6. The summed E-state index contributed by atoms with van der Waals surface area (Å²) in [6.45, 7) is 4.02. The van der Waals surface area contributed by atoms with Crippen LogP contribution in [0.2, 0.25) is 0 Å². The first kappa shape index (κ1) is 21.4. The maximum absolute atomic E-state index is 12.7. The normalized spacial score (nSPS) is 16.2. The molecule has 0 bridgehead atoms. The Balaban J connectivity index is 1.40. The van der Waals surface area contributed by atoms with Crippen molar-refractivity contribution >= 4 is 17.8 Å².